The van der Waals surface area contributed by atoms with E-state index in [4.69, 9.17) is 4.74 Å². The Labute approximate surface area is 198 Å². The number of rotatable bonds is 7. The van der Waals surface area contributed by atoms with Gasteiger partial charge in [0.25, 0.3) is 5.69 Å². The summed E-state index contributed by atoms with van der Waals surface area (Å²) in [6.45, 7) is 1.58. The summed E-state index contributed by atoms with van der Waals surface area (Å²) < 4.78 is 19.8. The first-order chi connectivity index (χ1) is 16.7. The van der Waals surface area contributed by atoms with E-state index < -0.39 is 51.7 Å². The Kier molecular flexibility index (Phi) is 6.20. The first-order valence-electron chi connectivity index (χ1n) is 10.4. The largest absolute Gasteiger partial charge is 0.871 e. The normalized spacial score (nSPS) is 16.1. The van der Waals surface area contributed by atoms with Crippen molar-refractivity contribution in [3.8, 4) is 0 Å². The Morgan fingerprint density at radius 3 is 2.54 bits per heavy atom. The standard InChI is InChI=1S/C25H19FN2O7/c1-13-10-11-14(28(33)34)12-19(13)27-24(31)22(30)20(21(29)17-8-4-5-9-18(17)26)23-15-6-2-3-7-16(15)25(32)35-23/h2-12,20,23,27,30-31H,1H3/p-1. The molecule has 3 aromatic rings. The van der Waals surface area contributed by atoms with E-state index in [-0.39, 0.29) is 22.5 Å². The van der Waals surface area contributed by atoms with Gasteiger partial charge in [-0.25, -0.2) is 9.18 Å². The van der Waals surface area contributed by atoms with Crippen LogP contribution >= 0.6 is 0 Å². The minimum Gasteiger partial charge on any atom is -0.871 e. The van der Waals surface area contributed by atoms with E-state index in [1.807, 2.05) is 0 Å². The topological polar surface area (TPSA) is 142 Å². The number of hydrogen-bond donors (Lipinski definition) is 2. The summed E-state index contributed by atoms with van der Waals surface area (Å²) >= 11 is 0. The van der Waals surface area contributed by atoms with Crippen LogP contribution in [0.15, 0.2) is 78.4 Å². The zero-order valence-corrected chi connectivity index (χ0v) is 18.2. The predicted octanol–water partition coefficient (Wildman–Crippen LogP) is 3.95. The smallest absolute Gasteiger partial charge is 0.339 e. The molecule has 0 bridgehead atoms. The molecule has 0 fully saturated rings. The Bertz CT molecular complexity index is 1390. The molecule has 0 spiro atoms. The molecule has 2 atom stereocenters. The quantitative estimate of drug-likeness (QED) is 0.171. The molecule has 178 valence electrons. The predicted molar refractivity (Wildman–Crippen MR) is 120 cm³/mol. The van der Waals surface area contributed by atoms with E-state index in [0.29, 0.717) is 5.56 Å². The number of esters is 1. The van der Waals surface area contributed by atoms with Crippen LogP contribution in [-0.2, 0) is 4.74 Å². The molecule has 1 aliphatic heterocycles. The number of halogens is 1. The van der Waals surface area contributed by atoms with Crippen molar-refractivity contribution in [3.05, 3.63) is 117 Å². The fourth-order valence-electron chi connectivity index (χ4n) is 3.84. The first-order valence-corrected chi connectivity index (χ1v) is 10.4. The lowest BCUT2D eigenvalue weighted by molar-refractivity contribution is -0.384. The molecule has 10 heteroatoms. The van der Waals surface area contributed by atoms with E-state index in [2.05, 4.69) is 5.32 Å². The number of cyclic esters (lactones) is 1. The molecule has 0 aliphatic carbocycles. The number of aliphatic hydroxyl groups excluding tert-OH is 1. The SMILES string of the molecule is Cc1ccc([N+](=O)[O-])cc1NC(O)=C([O-])C(C(=O)c1ccccc1F)C1OC(=O)c2ccccc21. The first kappa shape index (κ1) is 23.4. The van der Waals surface area contributed by atoms with Crippen molar-refractivity contribution in [2.24, 2.45) is 5.92 Å². The van der Waals surface area contributed by atoms with E-state index in [1.165, 1.54) is 42.5 Å². The second kappa shape index (κ2) is 9.26. The lowest BCUT2D eigenvalue weighted by Gasteiger charge is -2.29. The van der Waals surface area contributed by atoms with Gasteiger partial charge in [0.1, 0.15) is 11.9 Å². The van der Waals surface area contributed by atoms with Gasteiger partial charge in [-0.05, 0) is 30.7 Å². The number of nitrogens with one attached hydrogen (secondary N) is 1. The fourth-order valence-corrected chi connectivity index (χ4v) is 3.84. The fraction of sp³-hybridized carbons (Fsp3) is 0.120. The number of ketones is 1. The molecule has 0 saturated heterocycles. The number of fused-ring (bicyclic) bond motifs is 1. The second-order valence-corrected chi connectivity index (χ2v) is 7.83. The number of aryl methyl sites for hydroxylation is 1. The summed E-state index contributed by atoms with van der Waals surface area (Å²) in [5.41, 5.74) is 0.163. The maximum absolute atomic E-state index is 14.5. The second-order valence-electron chi connectivity index (χ2n) is 7.83. The van der Waals surface area contributed by atoms with E-state index in [0.717, 1.165) is 12.1 Å². The Balaban J connectivity index is 1.81. The van der Waals surface area contributed by atoms with Crippen LogP contribution in [0.5, 0.6) is 0 Å². The third kappa shape index (κ3) is 4.41. The minimum absolute atomic E-state index is 0.0472. The third-order valence-corrected chi connectivity index (χ3v) is 5.65. The highest BCUT2D eigenvalue weighted by Crippen LogP contribution is 2.40. The molecule has 0 aromatic heterocycles. The Hall–Kier alpha value is -4.73. The van der Waals surface area contributed by atoms with Crippen LogP contribution in [0, 0.1) is 28.8 Å². The van der Waals surface area contributed by atoms with Crippen LogP contribution < -0.4 is 10.4 Å². The van der Waals surface area contributed by atoms with Crippen molar-refractivity contribution < 1.29 is 33.9 Å². The van der Waals surface area contributed by atoms with Gasteiger partial charge >= 0.3 is 5.97 Å². The molecular formula is C25H18FN2O7-. The molecular weight excluding hydrogens is 459 g/mol. The summed E-state index contributed by atoms with van der Waals surface area (Å²) in [5.74, 6) is -6.71. The van der Waals surface area contributed by atoms with Crippen molar-refractivity contribution in [2.45, 2.75) is 13.0 Å². The van der Waals surface area contributed by atoms with Gasteiger partial charge in [-0.1, -0.05) is 42.2 Å². The zero-order valence-electron chi connectivity index (χ0n) is 18.2. The molecule has 2 N–H and O–H groups in total. The summed E-state index contributed by atoms with van der Waals surface area (Å²) in [5, 5.41) is 37.5. The Morgan fingerprint density at radius 2 is 1.83 bits per heavy atom. The van der Waals surface area contributed by atoms with E-state index in [9.17, 15) is 34.3 Å². The van der Waals surface area contributed by atoms with E-state index >= 15 is 0 Å². The highest BCUT2D eigenvalue weighted by atomic mass is 19.1. The maximum Gasteiger partial charge on any atom is 0.339 e. The Morgan fingerprint density at radius 1 is 1.14 bits per heavy atom. The van der Waals surface area contributed by atoms with Crippen molar-refractivity contribution >= 4 is 23.1 Å². The van der Waals surface area contributed by atoms with Gasteiger partial charge in [0.2, 0.25) is 0 Å². The van der Waals surface area contributed by atoms with Crippen LogP contribution in [0.1, 0.15) is 37.9 Å². The van der Waals surface area contributed by atoms with Gasteiger partial charge < -0.3 is 20.3 Å². The molecule has 2 unspecified atom stereocenters. The molecule has 1 heterocycles. The van der Waals surface area contributed by atoms with Gasteiger partial charge in [-0.2, -0.15) is 0 Å². The molecule has 4 rings (SSSR count). The van der Waals surface area contributed by atoms with Crippen molar-refractivity contribution in [2.75, 3.05) is 5.32 Å². The lowest BCUT2D eigenvalue weighted by atomic mass is 9.86. The number of ether oxygens (including phenoxy) is 1. The van der Waals surface area contributed by atoms with Crippen LogP contribution in [-0.4, -0.2) is 21.8 Å². The number of carbonyl (C=O) groups excluding carboxylic acids is 2. The molecule has 0 radical (unpaired) electrons. The molecule has 0 amide bonds. The monoisotopic (exact) mass is 477 g/mol. The number of aliphatic hydroxyl groups is 1. The average Bonchev–Trinajstić information content (AvgIpc) is 3.16. The van der Waals surface area contributed by atoms with Crippen LogP contribution in [0.2, 0.25) is 0 Å². The summed E-state index contributed by atoms with van der Waals surface area (Å²) in [6, 6.07) is 14.9. The number of benzene rings is 3. The molecule has 9 nitrogen and oxygen atoms in total. The number of nitro groups is 1. The molecule has 3 aromatic carbocycles. The average molecular weight is 477 g/mol. The molecule has 0 saturated carbocycles. The highest BCUT2D eigenvalue weighted by Gasteiger charge is 2.41. The van der Waals surface area contributed by atoms with Gasteiger partial charge in [0.15, 0.2) is 11.7 Å². The maximum atomic E-state index is 14.5. The zero-order chi connectivity index (χ0) is 25.3. The summed E-state index contributed by atoms with van der Waals surface area (Å²) in [6.07, 6.45) is -1.42. The number of non-ortho nitro benzene ring substituents is 1. The van der Waals surface area contributed by atoms with Gasteiger partial charge in [0, 0.05) is 17.7 Å². The number of anilines is 1. The number of nitro benzene ring substituents is 1. The lowest BCUT2D eigenvalue weighted by Crippen LogP contribution is -2.33. The van der Waals surface area contributed by atoms with Crippen LogP contribution in [0.25, 0.3) is 0 Å². The number of Topliss-reactive ketones (excluding diaryl/α,β-unsaturated/α-hetero) is 1. The van der Waals surface area contributed by atoms with E-state index in [1.54, 1.807) is 19.1 Å². The highest BCUT2D eigenvalue weighted by molar-refractivity contribution is 6.02. The third-order valence-electron chi connectivity index (χ3n) is 5.65. The van der Waals surface area contributed by atoms with Crippen molar-refractivity contribution in [3.63, 3.8) is 0 Å². The van der Waals surface area contributed by atoms with Gasteiger partial charge in [0.05, 0.1) is 27.7 Å². The van der Waals surface area contributed by atoms with Gasteiger partial charge in [-0.3, -0.25) is 14.9 Å². The van der Waals surface area contributed by atoms with Crippen LogP contribution in [0.4, 0.5) is 15.8 Å². The van der Waals surface area contributed by atoms with Crippen molar-refractivity contribution in [1.29, 1.82) is 0 Å². The number of nitrogens with zero attached hydrogens (tertiary/aromatic N) is 1. The summed E-state index contributed by atoms with van der Waals surface area (Å²) in [7, 11) is 0. The molecule has 1 aliphatic rings. The van der Waals surface area contributed by atoms with Crippen LogP contribution in [0.3, 0.4) is 0 Å². The van der Waals surface area contributed by atoms with Crippen molar-refractivity contribution in [1.82, 2.24) is 0 Å². The molecule has 35 heavy (non-hydrogen) atoms. The minimum atomic E-state index is -1.83. The van der Waals surface area contributed by atoms with Gasteiger partial charge in [-0.15, -0.1) is 0 Å². The summed E-state index contributed by atoms with van der Waals surface area (Å²) in [4.78, 5) is 36.2. The number of hydrogen-bond acceptors (Lipinski definition) is 8. The number of carbonyl (C=O) groups is 2.